The van der Waals surface area contributed by atoms with Crippen molar-refractivity contribution in [2.45, 2.75) is 25.1 Å². The van der Waals surface area contributed by atoms with Crippen molar-refractivity contribution in [1.29, 1.82) is 0 Å². The molecule has 1 N–H and O–H groups in total. The average molecular weight is 301 g/mol. The first kappa shape index (κ1) is 13.6. The number of hydrogen-bond acceptors (Lipinski definition) is 5. The summed E-state index contributed by atoms with van der Waals surface area (Å²) in [7, 11) is 1.77. The summed E-state index contributed by atoms with van der Waals surface area (Å²) >= 11 is 0. The van der Waals surface area contributed by atoms with Gasteiger partial charge in [0.05, 0.1) is 12.1 Å². The fourth-order valence-electron chi connectivity index (χ4n) is 3.29. The number of likely N-dealkylation sites (tertiary alicyclic amines) is 1. The molecule has 22 heavy (non-hydrogen) atoms. The van der Waals surface area contributed by atoms with E-state index in [1.54, 1.807) is 13.3 Å². The highest BCUT2D eigenvalue weighted by molar-refractivity contribution is 5.48. The van der Waals surface area contributed by atoms with Gasteiger partial charge in [-0.1, -0.05) is 12.1 Å². The van der Waals surface area contributed by atoms with Gasteiger partial charge in [0.1, 0.15) is 5.82 Å². The quantitative estimate of drug-likeness (QED) is 0.937. The fourth-order valence-corrected chi connectivity index (χ4v) is 3.29. The van der Waals surface area contributed by atoms with E-state index in [1.165, 1.54) is 0 Å². The Morgan fingerprint density at radius 3 is 3.18 bits per heavy atom. The summed E-state index contributed by atoms with van der Waals surface area (Å²) in [6.07, 6.45) is 4.83. The SMILES string of the molecule is CO[C@@H]1CC(c2ncc[nH]2)N(Cc2cccc3c2OCO3)C1. The van der Waals surface area contributed by atoms with E-state index in [4.69, 9.17) is 14.2 Å². The second-order valence-corrected chi connectivity index (χ2v) is 5.66. The maximum absolute atomic E-state index is 5.62. The lowest BCUT2D eigenvalue weighted by atomic mass is 10.1. The van der Waals surface area contributed by atoms with Crippen LogP contribution in [0.4, 0.5) is 0 Å². The van der Waals surface area contributed by atoms with Gasteiger partial charge in [-0.05, 0) is 12.5 Å². The van der Waals surface area contributed by atoms with E-state index in [0.29, 0.717) is 6.79 Å². The number of benzene rings is 1. The first-order valence-electron chi connectivity index (χ1n) is 7.49. The van der Waals surface area contributed by atoms with Crippen LogP contribution >= 0.6 is 0 Å². The van der Waals surface area contributed by atoms with Crippen LogP contribution in [0.15, 0.2) is 30.6 Å². The van der Waals surface area contributed by atoms with Crippen LogP contribution in [-0.2, 0) is 11.3 Å². The summed E-state index contributed by atoms with van der Waals surface area (Å²) in [6, 6.07) is 6.28. The molecule has 116 valence electrons. The minimum Gasteiger partial charge on any atom is -0.454 e. The highest BCUT2D eigenvalue weighted by atomic mass is 16.7. The Hall–Kier alpha value is -2.05. The highest BCUT2D eigenvalue weighted by Crippen LogP contribution is 2.39. The lowest BCUT2D eigenvalue weighted by molar-refractivity contribution is 0.107. The van der Waals surface area contributed by atoms with E-state index < -0.39 is 0 Å². The maximum Gasteiger partial charge on any atom is 0.231 e. The van der Waals surface area contributed by atoms with Crippen LogP contribution in [0.2, 0.25) is 0 Å². The molecule has 1 aromatic heterocycles. The molecule has 3 heterocycles. The number of fused-ring (bicyclic) bond motifs is 1. The van der Waals surface area contributed by atoms with Gasteiger partial charge in [-0.25, -0.2) is 4.98 Å². The summed E-state index contributed by atoms with van der Waals surface area (Å²) in [4.78, 5) is 10.0. The summed E-state index contributed by atoms with van der Waals surface area (Å²) in [5.74, 6) is 2.68. The van der Waals surface area contributed by atoms with Gasteiger partial charge in [-0.3, -0.25) is 4.90 Å². The van der Waals surface area contributed by atoms with Crippen molar-refractivity contribution in [2.24, 2.45) is 0 Å². The topological polar surface area (TPSA) is 59.6 Å². The van der Waals surface area contributed by atoms with Crippen molar-refractivity contribution in [2.75, 3.05) is 20.4 Å². The number of rotatable bonds is 4. The molecule has 1 unspecified atom stereocenters. The number of aromatic amines is 1. The Bertz CT molecular complexity index is 644. The molecule has 2 aliphatic rings. The van der Waals surface area contributed by atoms with E-state index in [1.807, 2.05) is 18.3 Å². The van der Waals surface area contributed by atoms with Crippen molar-refractivity contribution >= 4 is 0 Å². The van der Waals surface area contributed by atoms with Crippen molar-refractivity contribution in [3.63, 3.8) is 0 Å². The molecule has 1 fully saturated rings. The molecule has 1 saturated heterocycles. The predicted molar refractivity (Wildman–Crippen MR) is 79.7 cm³/mol. The number of imidazole rings is 1. The molecule has 6 nitrogen and oxygen atoms in total. The van der Waals surface area contributed by atoms with Crippen LogP contribution in [0.5, 0.6) is 11.5 Å². The standard InChI is InChI=1S/C16H19N3O3/c1-20-12-7-13(16-17-5-6-18-16)19(9-12)8-11-3-2-4-14-15(11)22-10-21-14/h2-6,12-13H,7-10H2,1H3,(H,17,18)/t12-,13?/m1/s1. The molecular weight excluding hydrogens is 282 g/mol. The van der Waals surface area contributed by atoms with Crippen molar-refractivity contribution in [3.8, 4) is 11.5 Å². The third kappa shape index (κ3) is 2.34. The van der Waals surface area contributed by atoms with Gasteiger partial charge in [0, 0.05) is 38.2 Å². The van der Waals surface area contributed by atoms with E-state index in [0.717, 1.165) is 42.4 Å². The van der Waals surface area contributed by atoms with Crippen LogP contribution in [0.3, 0.4) is 0 Å². The second-order valence-electron chi connectivity index (χ2n) is 5.66. The summed E-state index contributed by atoms with van der Waals surface area (Å²) in [5, 5.41) is 0. The Balaban J connectivity index is 1.59. The van der Waals surface area contributed by atoms with Crippen molar-refractivity contribution < 1.29 is 14.2 Å². The molecule has 0 radical (unpaired) electrons. The van der Waals surface area contributed by atoms with Crippen LogP contribution in [0.1, 0.15) is 23.9 Å². The molecule has 2 atom stereocenters. The zero-order valence-corrected chi connectivity index (χ0v) is 12.5. The zero-order valence-electron chi connectivity index (χ0n) is 12.5. The molecule has 0 amide bonds. The molecule has 2 aromatic rings. The second kappa shape index (κ2) is 5.62. The predicted octanol–water partition coefficient (Wildman–Crippen LogP) is 2.10. The number of nitrogens with one attached hydrogen (secondary N) is 1. The first-order valence-corrected chi connectivity index (χ1v) is 7.49. The van der Waals surface area contributed by atoms with Crippen LogP contribution in [0, 0.1) is 0 Å². The van der Waals surface area contributed by atoms with E-state index in [9.17, 15) is 0 Å². The molecule has 6 heteroatoms. The third-order valence-corrected chi connectivity index (χ3v) is 4.38. The lowest BCUT2D eigenvalue weighted by Gasteiger charge is -2.23. The molecule has 0 aliphatic carbocycles. The summed E-state index contributed by atoms with van der Waals surface area (Å²) in [6.45, 7) is 1.97. The number of methoxy groups -OCH3 is 1. The molecule has 0 saturated carbocycles. The third-order valence-electron chi connectivity index (χ3n) is 4.38. The number of ether oxygens (including phenoxy) is 3. The minimum atomic E-state index is 0.226. The van der Waals surface area contributed by atoms with Crippen LogP contribution in [0.25, 0.3) is 0 Å². The molecular formula is C16H19N3O3. The Morgan fingerprint density at radius 2 is 2.36 bits per heavy atom. The van der Waals surface area contributed by atoms with E-state index >= 15 is 0 Å². The van der Waals surface area contributed by atoms with Crippen molar-refractivity contribution in [1.82, 2.24) is 14.9 Å². The molecule has 0 spiro atoms. The normalized spacial score (nSPS) is 24.0. The Morgan fingerprint density at radius 1 is 1.41 bits per heavy atom. The van der Waals surface area contributed by atoms with Gasteiger partial charge in [0.15, 0.2) is 11.5 Å². The number of aromatic nitrogens is 2. The van der Waals surface area contributed by atoms with Gasteiger partial charge in [0.25, 0.3) is 0 Å². The Labute approximate surface area is 129 Å². The summed E-state index contributed by atoms with van der Waals surface area (Å²) < 4.78 is 16.6. The first-order chi connectivity index (χ1) is 10.8. The maximum atomic E-state index is 5.62. The summed E-state index contributed by atoms with van der Waals surface area (Å²) in [5.41, 5.74) is 1.14. The van der Waals surface area contributed by atoms with Crippen LogP contribution in [-0.4, -0.2) is 41.4 Å². The number of H-pyrrole nitrogens is 1. The smallest absolute Gasteiger partial charge is 0.231 e. The van der Waals surface area contributed by atoms with Gasteiger partial charge < -0.3 is 19.2 Å². The van der Waals surface area contributed by atoms with Gasteiger partial charge in [-0.2, -0.15) is 0 Å². The fraction of sp³-hybridized carbons (Fsp3) is 0.438. The minimum absolute atomic E-state index is 0.226. The Kier molecular flexibility index (Phi) is 3.48. The lowest BCUT2D eigenvalue weighted by Crippen LogP contribution is -2.25. The largest absolute Gasteiger partial charge is 0.454 e. The molecule has 0 bridgehead atoms. The van der Waals surface area contributed by atoms with Crippen molar-refractivity contribution in [3.05, 3.63) is 42.0 Å². The van der Waals surface area contributed by atoms with Crippen LogP contribution < -0.4 is 9.47 Å². The number of nitrogens with zero attached hydrogens (tertiary/aromatic N) is 2. The highest BCUT2D eigenvalue weighted by Gasteiger charge is 2.35. The molecule has 4 rings (SSSR count). The zero-order chi connectivity index (χ0) is 14.9. The number of para-hydroxylation sites is 1. The van der Waals surface area contributed by atoms with E-state index in [-0.39, 0.29) is 12.1 Å². The molecule has 1 aromatic carbocycles. The average Bonchev–Trinajstić information content (AvgIpc) is 3.27. The van der Waals surface area contributed by atoms with E-state index in [2.05, 4.69) is 20.9 Å². The monoisotopic (exact) mass is 301 g/mol. The van der Waals surface area contributed by atoms with Gasteiger partial charge in [0.2, 0.25) is 6.79 Å². The molecule has 2 aliphatic heterocycles. The number of hydrogen-bond donors (Lipinski definition) is 1. The van der Waals surface area contributed by atoms with Gasteiger partial charge >= 0.3 is 0 Å². The van der Waals surface area contributed by atoms with Gasteiger partial charge in [-0.15, -0.1) is 0 Å².